The number of amides is 1. The van der Waals surface area contributed by atoms with Gasteiger partial charge in [-0.05, 0) is 37.9 Å². The van der Waals surface area contributed by atoms with Gasteiger partial charge in [-0.25, -0.2) is 0 Å². The maximum atomic E-state index is 12.0. The molecule has 0 spiro atoms. The Kier molecular flexibility index (Phi) is 9.55. The summed E-state index contributed by atoms with van der Waals surface area (Å²) in [5, 5.41) is 3.42. The number of aromatic nitrogens is 1. The van der Waals surface area contributed by atoms with E-state index in [0.717, 1.165) is 18.7 Å². The van der Waals surface area contributed by atoms with Gasteiger partial charge in [0, 0.05) is 25.7 Å². The Labute approximate surface area is 133 Å². The lowest BCUT2D eigenvalue weighted by atomic mass is 10.1. The summed E-state index contributed by atoms with van der Waals surface area (Å²) in [6.07, 6.45) is 5.78. The van der Waals surface area contributed by atoms with Crippen molar-refractivity contribution in [2.24, 2.45) is 0 Å². The van der Waals surface area contributed by atoms with Gasteiger partial charge in [-0.2, -0.15) is 0 Å². The van der Waals surface area contributed by atoms with Crippen molar-refractivity contribution >= 4 is 30.7 Å². The second kappa shape index (κ2) is 9.97. The number of carbonyl (C=O) groups excluding carboxylic acids is 1. The number of nitrogens with one attached hydrogen (secondary N) is 1. The van der Waals surface area contributed by atoms with Crippen LogP contribution in [0.3, 0.4) is 0 Å². The summed E-state index contributed by atoms with van der Waals surface area (Å²) in [6.45, 7) is 1.69. The van der Waals surface area contributed by atoms with Gasteiger partial charge < -0.3 is 10.2 Å². The molecule has 20 heavy (non-hydrogen) atoms. The summed E-state index contributed by atoms with van der Waals surface area (Å²) in [7, 11) is 1.85. The Hall–Kier alpha value is -0.840. The first-order chi connectivity index (χ1) is 8.75. The van der Waals surface area contributed by atoms with Gasteiger partial charge in [0.25, 0.3) is 0 Å². The molecule has 0 aliphatic carbocycles. The SMILES string of the molecule is CN(Cc1ccccn1)C(=O)CCC1CCCN1.Cl.Cl. The van der Waals surface area contributed by atoms with Crippen molar-refractivity contribution in [1.29, 1.82) is 0 Å². The third-order valence-corrected chi connectivity index (χ3v) is 3.42. The number of pyridine rings is 1. The molecule has 6 heteroatoms. The highest BCUT2D eigenvalue weighted by atomic mass is 35.5. The van der Waals surface area contributed by atoms with E-state index < -0.39 is 0 Å². The van der Waals surface area contributed by atoms with E-state index in [9.17, 15) is 4.79 Å². The first-order valence-corrected chi connectivity index (χ1v) is 6.63. The zero-order valence-electron chi connectivity index (χ0n) is 11.7. The summed E-state index contributed by atoms with van der Waals surface area (Å²) in [4.78, 5) is 18.0. The summed E-state index contributed by atoms with van der Waals surface area (Å²) in [5.41, 5.74) is 0.937. The largest absolute Gasteiger partial charge is 0.340 e. The molecule has 1 aliphatic heterocycles. The lowest BCUT2D eigenvalue weighted by Crippen LogP contribution is -2.29. The van der Waals surface area contributed by atoms with E-state index in [2.05, 4.69) is 10.3 Å². The van der Waals surface area contributed by atoms with Gasteiger partial charge >= 0.3 is 0 Å². The number of rotatable bonds is 5. The quantitative estimate of drug-likeness (QED) is 0.906. The van der Waals surface area contributed by atoms with Crippen molar-refractivity contribution < 1.29 is 4.79 Å². The number of carbonyl (C=O) groups is 1. The van der Waals surface area contributed by atoms with Crippen molar-refractivity contribution in [3.8, 4) is 0 Å². The Bertz CT molecular complexity index is 383. The van der Waals surface area contributed by atoms with Crippen LogP contribution < -0.4 is 5.32 Å². The van der Waals surface area contributed by atoms with Gasteiger partial charge in [-0.3, -0.25) is 9.78 Å². The van der Waals surface area contributed by atoms with Crippen LogP contribution in [0.25, 0.3) is 0 Å². The van der Waals surface area contributed by atoms with Crippen LogP contribution in [0.2, 0.25) is 0 Å². The number of nitrogens with zero attached hydrogens (tertiary/aromatic N) is 2. The fourth-order valence-electron chi connectivity index (χ4n) is 2.31. The molecule has 114 valence electrons. The van der Waals surface area contributed by atoms with Crippen LogP contribution in [0.1, 0.15) is 31.4 Å². The molecule has 1 aromatic heterocycles. The fourth-order valence-corrected chi connectivity index (χ4v) is 2.31. The van der Waals surface area contributed by atoms with Crippen molar-refractivity contribution in [3.63, 3.8) is 0 Å². The third kappa shape index (κ3) is 6.07. The molecule has 1 fully saturated rings. The van der Waals surface area contributed by atoms with Gasteiger partial charge in [0.15, 0.2) is 0 Å². The highest BCUT2D eigenvalue weighted by Crippen LogP contribution is 2.12. The third-order valence-electron chi connectivity index (χ3n) is 3.42. The molecule has 1 amide bonds. The zero-order valence-corrected chi connectivity index (χ0v) is 13.4. The van der Waals surface area contributed by atoms with Gasteiger partial charge in [0.1, 0.15) is 0 Å². The second-order valence-corrected chi connectivity index (χ2v) is 4.90. The maximum absolute atomic E-state index is 12.0. The first-order valence-electron chi connectivity index (χ1n) is 6.63. The molecule has 0 radical (unpaired) electrons. The standard InChI is InChI=1S/C14H21N3O.2ClH/c1-17(11-13-5-2-3-9-16-13)14(18)8-7-12-6-4-10-15-12;;/h2-3,5,9,12,15H,4,6-8,10-11H2,1H3;2*1H. The summed E-state index contributed by atoms with van der Waals surface area (Å²) in [5.74, 6) is 0.203. The summed E-state index contributed by atoms with van der Waals surface area (Å²) < 4.78 is 0. The van der Waals surface area contributed by atoms with Crippen molar-refractivity contribution in [2.75, 3.05) is 13.6 Å². The molecule has 1 unspecified atom stereocenters. The highest BCUT2D eigenvalue weighted by Gasteiger charge is 2.17. The first kappa shape index (κ1) is 19.2. The average Bonchev–Trinajstić information content (AvgIpc) is 2.90. The normalized spacial score (nSPS) is 16.9. The Morgan fingerprint density at radius 3 is 2.85 bits per heavy atom. The molecule has 0 bridgehead atoms. The van der Waals surface area contributed by atoms with Crippen LogP contribution >= 0.6 is 24.8 Å². The predicted octanol–water partition coefficient (Wildman–Crippen LogP) is 2.42. The highest BCUT2D eigenvalue weighted by molar-refractivity contribution is 5.85. The summed E-state index contributed by atoms with van der Waals surface area (Å²) in [6, 6.07) is 6.32. The molecule has 2 heterocycles. The minimum atomic E-state index is 0. The van der Waals surface area contributed by atoms with Crippen molar-refractivity contribution in [2.45, 2.75) is 38.3 Å². The Morgan fingerprint density at radius 2 is 2.25 bits per heavy atom. The molecule has 0 saturated carbocycles. The van der Waals surface area contributed by atoms with Crippen molar-refractivity contribution in [3.05, 3.63) is 30.1 Å². The molecular formula is C14H23Cl2N3O. The monoisotopic (exact) mass is 319 g/mol. The van der Waals surface area contributed by atoms with Crippen LogP contribution in [0.5, 0.6) is 0 Å². The van der Waals surface area contributed by atoms with Gasteiger partial charge in [-0.15, -0.1) is 24.8 Å². The molecular weight excluding hydrogens is 297 g/mol. The van der Waals surface area contributed by atoms with Crippen LogP contribution in [-0.4, -0.2) is 35.4 Å². The van der Waals surface area contributed by atoms with E-state index >= 15 is 0 Å². The van der Waals surface area contributed by atoms with E-state index in [-0.39, 0.29) is 30.7 Å². The van der Waals surface area contributed by atoms with E-state index in [1.807, 2.05) is 25.2 Å². The topological polar surface area (TPSA) is 45.2 Å². The lowest BCUT2D eigenvalue weighted by Gasteiger charge is -2.18. The summed E-state index contributed by atoms with van der Waals surface area (Å²) >= 11 is 0. The average molecular weight is 320 g/mol. The Morgan fingerprint density at radius 1 is 1.45 bits per heavy atom. The molecule has 0 aromatic carbocycles. The molecule has 1 saturated heterocycles. The molecule has 4 nitrogen and oxygen atoms in total. The van der Waals surface area contributed by atoms with Crippen molar-refractivity contribution in [1.82, 2.24) is 15.2 Å². The van der Waals surface area contributed by atoms with E-state index in [1.165, 1.54) is 12.8 Å². The molecule has 1 atom stereocenters. The maximum Gasteiger partial charge on any atom is 0.222 e. The smallest absolute Gasteiger partial charge is 0.222 e. The van der Waals surface area contributed by atoms with E-state index in [0.29, 0.717) is 19.0 Å². The predicted molar refractivity (Wildman–Crippen MR) is 85.5 cm³/mol. The number of hydrogen-bond acceptors (Lipinski definition) is 3. The fraction of sp³-hybridized carbons (Fsp3) is 0.571. The minimum Gasteiger partial charge on any atom is -0.340 e. The zero-order chi connectivity index (χ0) is 12.8. The van der Waals surface area contributed by atoms with Gasteiger partial charge in [0.2, 0.25) is 5.91 Å². The minimum absolute atomic E-state index is 0. The van der Waals surface area contributed by atoms with Crippen LogP contribution in [0.4, 0.5) is 0 Å². The lowest BCUT2D eigenvalue weighted by molar-refractivity contribution is -0.130. The number of hydrogen-bond donors (Lipinski definition) is 1. The van der Waals surface area contributed by atoms with Crippen LogP contribution in [0.15, 0.2) is 24.4 Å². The Balaban J connectivity index is 0.00000180. The molecule has 1 N–H and O–H groups in total. The molecule has 1 aliphatic rings. The second-order valence-electron chi connectivity index (χ2n) is 4.90. The van der Waals surface area contributed by atoms with E-state index in [4.69, 9.17) is 0 Å². The van der Waals surface area contributed by atoms with Gasteiger partial charge in [0.05, 0.1) is 12.2 Å². The van der Waals surface area contributed by atoms with Crippen LogP contribution in [0, 0.1) is 0 Å². The van der Waals surface area contributed by atoms with Gasteiger partial charge in [-0.1, -0.05) is 6.07 Å². The van der Waals surface area contributed by atoms with Crippen LogP contribution in [-0.2, 0) is 11.3 Å². The van der Waals surface area contributed by atoms with E-state index in [1.54, 1.807) is 11.1 Å². The molecule has 1 aromatic rings. The molecule has 2 rings (SSSR count). The number of halogens is 2.